The summed E-state index contributed by atoms with van der Waals surface area (Å²) in [6.07, 6.45) is -0.0664. The second-order valence-electron chi connectivity index (χ2n) is 5.08. The molecule has 2 unspecified atom stereocenters. The van der Waals surface area contributed by atoms with E-state index >= 15 is 0 Å². The average Bonchev–Trinajstić information content (AvgIpc) is 2.44. The predicted molar refractivity (Wildman–Crippen MR) is 80.2 cm³/mol. The second-order valence-corrected chi connectivity index (χ2v) is 7.58. The Morgan fingerprint density at radius 1 is 1.25 bits per heavy atom. The highest BCUT2D eigenvalue weighted by molar-refractivity contribution is 7.92. The summed E-state index contributed by atoms with van der Waals surface area (Å²) in [5.74, 6) is 0. The normalized spacial score (nSPS) is 15.3. The van der Waals surface area contributed by atoms with Crippen LogP contribution in [0, 0.1) is 0 Å². The van der Waals surface area contributed by atoms with Crippen molar-refractivity contribution in [2.24, 2.45) is 5.73 Å². The predicted octanol–water partition coefficient (Wildman–Crippen LogP) is 0.839. The quantitative estimate of drug-likeness (QED) is 0.694. The first-order valence-corrected chi connectivity index (χ1v) is 8.28. The van der Waals surface area contributed by atoms with Crippen molar-refractivity contribution in [3.05, 3.63) is 29.8 Å². The largest absolute Gasteiger partial charge is 0.387 e. The van der Waals surface area contributed by atoms with Crippen molar-refractivity contribution in [1.29, 1.82) is 0 Å². The Balaban J connectivity index is 2.97. The Morgan fingerprint density at radius 3 is 2.20 bits per heavy atom. The highest BCUT2D eigenvalue weighted by Crippen LogP contribution is 2.22. The summed E-state index contributed by atoms with van der Waals surface area (Å²) in [4.78, 5) is 0.281. The van der Waals surface area contributed by atoms with Gasteiger partial charge in [0.25, 0.3) is 0 Å². The molecule has 0 aliphatic rings. The van der Waals surface area contributed by atoms with Crippen LogP contribution in [0.2, 0.25) is 0 Å². The third-order valence-electron chi connectivity index (χ3n) is 3.40. The van der Waals surface area contributed by atoms with E-state index in [2.05, 4.69) is 5.32 Å². The van der Waals surface area contributed by atoms with Crippen molar-refractivity contribution in [2.75, 3.05) is 13.6 Å². The number of benzene rings is 1. The molecule has 0 radical (unpaired) electrons. The third kappa shape index (κ3) is 3.79. The van der Waals surface area contributed by atoms with Gasteiger partial charge in [-0.25, -0.2) is 8.42 Å². The lowest BCUT2D eigenvalue weighted by Crippen LogP contribution is -2.34. The van der Waals surface area contributed by atoms with E-state index in [4.69, 9.17) is 5.73 Å². The zero-order valence-electron chi connectivity index (χ0n) is 12.2. The third-order valence-corrected chi connectivity index (χ3v) is 5.57. The maximum absolute atomic E-state index is 12.0. The Morgan fingerprint density at radius 2 is 1.80 bits per heavy atom. The second kappa shape index (κ2) is 7.17. The molecule has 0 fully saturated rings. The van der Waals surface area contributed by atoms with Crippen LogP contribution in [0.15, 0.2) is 29.2 Å². The molecule has 0 heterocycles. The first-order chi connectivity index (χ1) is 9.34. The summed E-state index contributed by atoms with van der Waals surface area (Å²) in [6, 6.07) is 6.25. The fourth-order valence-electron chi connectivity index (χ4n) is 2.00. The molecule has 0 aliphatic carbocycles. The van der Waals surface area contributed by atoms with E-state index in [9.17, 15) is 13.5 Å². The van der Waals surface area contributed by atoms with Crippen molar-refractivity contribution in [2.45, 2.75) is 42.6 Å². The molecule has 0 bridgehead atoms. The molecule has 5 nitrogen and oxygen atoms in total. The molecule has 4 N–H and O–H groups in total. The number of hydrogen-bond acceptors (Lipinski definition) is 5. The molecule has 114 valence electrons. The number of likely N-dealkylation sites (N-methyl/N-ethyl adjacent to an activating group) is 1. The van der Waals surface area contributed by atoms with E-state index in [1.54, 1.807) is 45.2 Å². The number of sulfone groups is 1. The summed E-state index contributed by atoms with van der Waals surface area (Å²) < 4.78 is 24.0. The molecule has 1 aromatic rings. The Labute approximate surface area is 121 Å². The molecule has 0 saturated carbocycles. The molecule has 0 spiro atoms. The van der Waals surface area contributed by atoms with Gasteiger partial charge in [-0.1, -0.05) is 12.1 Å². The summed E-state index contributed by atoms with van der Waals surface area (Å²) >= 11 is 0. The monoisotopic (exact) mass is 300 g/mol. The molecule has 1 aromatic carbocycles. The standard InChI is InChI=1S/C14H24N2O3S/c1-10(2)20(18,19)12-6-4-11(5-7-12)14(17)13(16-3)8-9-15/h4-7,10,13-14,16-17H,8-9,15H2,1-3H3. The van der Waals surface area contributed by atoms with E-state index in [1.165, 1.54) is 0 Å². The van der Waals surface area contributed by atoms with Crippen LogP contribution in [-0.2, 0) is 9.84 Å². The minimum absolute atomic E-state index is 0.146. The van der Waals surface area contributed by atoms with Gasteiger partial charge in [0, 0.05) is 6.04 Å². The van der Waals surface area contributed by atoms with Crippen molar-refractivity contribution in [3.63, 3.8) is 0 Å². The molecule has 0 amide bonds. The SMILES string of the molecule is CNC(CCN)C(O)c1ccc(S(=O)(=O)C(C)C)cc1. The average molecular weight is 300 g/mol. The maximum atomic E-state index is 12.0. The highest BCUT2D eigenvalue weighted by atomic mass is 32.2. The molecule has 0 aromatic heterocycles. The first-order valence-electron chi connectivity index (χ1n) is 6.73. The maximum Gasteiger partial charge on any atom is 0.180 e. The van der Waals surface area contributed by atoms with Gasteiger partial charge in [-0.15, -0.1) is 0 Å². The van der Waals surface area contributed by atoms with Crippen LogP contribution in [0.5, 0.6) is 0 Å². The first kappa shape index (κ1) is 17.1. The Hall–Kier alpha value is -0.950. The zero-order chi connectivity index (χ0) is 15.3. The number of aliphatic hydroxyl groups is 1. The van der Waals surface area contributed by atoms with E-state index < -0.39 is 21.2 Å². The topological polar surface area (TPSA) is 92.4 Å². The molecular weight excluding hydrogens is 276 g/mol. The van der Waals surface area contributed by atoms with Crippen LogP contribution in [0.1, 0.15) is 31.9 Å². The van der Waals surface area contributed by atoms with Crippen LogP contribution in [0.3, 0.4) is 0 Å². The van der Waals surface area contributed by atoms with Gasteiger partial charge in [0.05, 0.1) is 16.2 Å². The number of hydrogen-bond donors (Lipinski definition) is 3. The van der Waals surface area contributed by atoms with E-state index in [-0.39, 0.29) is 10.9 Å². The van der Waals surface area contributed by atoms with Gasteiger partial charge in [0.1, 0.15) is 0 Å². The summed E-state index contributed by atoms with van der Waals surface area (Å²) in [5, 5.41) is 12.8. The minimum atomic E-state index is -3.27. The zero-order valence-corrected chi connectivity index (χ0v) is 13.0. The smallest absolute Gasteiger partial charge is 0.180 e. The van der Waals surface area contributed by atoms with E-state index in [0.29, 0.717) is 18.5 Å². The molecule has 2 atom stereocenters. The van der Waals surface area contributed by atoms with Crippen LogP contribution in [-0.4, -0.2) is 38.4 Å². The van der Waals surface area contributed by atoms with Gasteiger partial charge in [-0.2, -0.15) is 0 Å². The molecular formula is C14H24N2O3S. The van der Waals surface area contributed by atoms with Gasteiger partial charge >= 0.3 is 0 Å². The summed E-state index contributed by atoms with van der Waals surface area (Å²) in [7, 11) is -1.51. The molecule has 1 rings (SSSR count). The van der Waals surface area contributed by atoms with E-state index in [1.807, 2.05) is 0 Å². The number of rotatable bonds is 7. The highest BCUT2D eigenvalue weighted by Gasteiger charge is 2.21. The molecule has 20 heavy (non-hydrogen) atoms. The summed E-state index contributed by atoms with van der Waals surface area (Å²) in [5.41, 5.74) is 6.19. The molecule has 0 saturated heterocycles. The lowest BCUT2D eigenvalue weighted by molar-refractivity contribution is 0.129. The minimum Gasteiger partial charge on any atom is -0.387 e. The van der Waals surface area contributed by atoms with Gasteiger partial charge in [-0.05, 0) is 51.6 Å². The fourth-order valence-corrected chi connectivity index (χ4v) is 3.06. The number of aliphatic hydroxyl groups excluding tert-OH is 1. The van der Waals surface area contributed by atoms with Crippen LogP contribution >= 0.6 is 0 Å². The lowest BCUT2D eigenvalue weighted by Gasteiger charge is -2.22. The Bertz CT molecular complexity index is 512. The molecule has 6 heteroatoms. The van der Waals surface area contributed by atoms with Gasteiger partial charge in [0.15, 0.2) is 9.84 Å². The van der Waals surface area contributed by atoms with Crippen molar-refractivity contribution in [3.8, 4) is 0 Å². The van der Waals surface area contributed by atoms with Crippen LogP contribution in [0.4, 0.5) is 0 Å². The Kier molecular flexibility index (Phi) is 6.13. The number of nitrogens with one attached hydrogen (secondary N) is 1. The van der Waals surface area contributed by atoms with Gasteiger partial charge in [-0.3, -0.25) is 0 Å². The van der Waals surface area contributed by atoms with Gasteiger partial charge < -0.3 is 16.2 Å². The number of nitrogens with two attached hydrogens (primary N) is 1. The van der Waals surface area contributed by atoms with Crippen molar-refractivity contribution < 1.29 is 13.5 Å². The van der Waals surface area contributed by atoms with Gasteiger partial charge in [0.2, 0.25) is 0 Å². The fraction of sp³-hybridized carbons (Fsp3) is 0.571. The lowest BCUT2D eigenvalue weighted by atomic mass is 10.00. The van der Waals surface area contributed by atoms with Crippen molar-refractivity contribution >= 4 is 9.84 Å². The summed E-state index contributed by atoms with van der Waals surface area (Å²) in [6.45, 7) is 3.77. The van der Waals surface area contributed by atoms with Crippen molar-refractivity contribution in [1.82, 2.24) is 5.32 Å². The van der Waals surface area contributed by atoms with Crippen LogP contribution < -0.4 is 11.1 Å². The van der Waals surface area contributed by atoms with Crippen LogP contribution in [0.25, 0.3) is 0 Å². The van der Waals surface area contributed by atoms with E-state index in [0.717, 1.165) is 0 Å². The molecule has 0 aliphatic heterocycles.